The molecular formula is C17H18N2O2S. The first-order valence-electron chi connectivity index (χ1n) is 6.85. The summed E-state index contributed by atoms with van der Waals surface area (Å²) in [5.41, 5.74) is 9.23. The molecule has 0 saturated carbocycles. The molecule has 2 aromatic carbocycles. The Labute approximate surface area is 135 Å². The van der Waals surface area contributed by atoms with Crippen molar-refractivity contribution in [3.63, 3.8) is 0 Å². The van der Waals surface area contributed by atoms with Crippen LogP contribution in [0, 0.1) is 13.8 Å². The van der Waals surface area contributed by atoms with Crippen molar-refractivity contribution in [1.29, 1.82) is 0 Å². The SMILES string of the molecule is Cc1ccc(OCC(=O)Nc2cccc(C(N)=S)c2)cc1C. The van der Waals surface area contributed by atoms with E-state index in [4.69, 9.17) is 22.7 Å². The number of ether oxygens (including phenoxy) is 1. The van der Waals surface area contributed by atoms with Crippen LogP contribution in [0.2, 0.25) is 0 Å². The summed E-state index contributed by atoms with van der Waals surface area (Å²) in [5.74, 6) is 0.438. The maximum absolute atomic E-state index is 11.9. The van der Waals surface area contributed by atoms with E-state index in [1.165, 1.54) is 5.56 Å². The largest absolute Gasteiger partial charge is 0.484 e. The lowest BCUT2D eigenvalue weighted by molar-refractivity contribution is -0.118. The van der Waals surface area contributed by atoms with Crippen molar-refractivity contribution in [2.24, 2.45) is 5.73 Å². The summed E-state index contributed by atoms with van der Waals surface area (Å²) in [6.45, 7) is 3.98. The van der Waals surface area contributed by atoms with Gasteiger partial charge in [-0.2, -0.15) is 0 Å². The first-order chi connectivity index (χ1) is 10.5. The van der Waals surface area contributed by atoms with E-state index in [0.29, 0.717) is 22.0 Å². The Balaban J connectivity index is 1.94. The zero-order chi connectivity index (χ0) is 16.1. The summed E-state index contributed by atoms with van der Waals surface area (Å²) in [5, 5.41) is 2.75. The van der Waals surface area contributed by atoms with Crippen molar-refractivity contribution in [3.05, 3.63) is 59.2 Å². The van der Waals surface area contributed by atoms with Gasteiger partial charge in [0.25, 0.3) is 5.91 Å². The molecule has 2 aromatic rings. The topological polar surface area (TPSA) is 64.3 Å². The van der Waals surface area contributed by atoms with Crippen molar-refractivity contribution >= 4 is 28.8 Å². The molecule has 114 valence electrons. The second-order valence-electron chi connectivity index (χ2n) is 5.03. The van der Waals surface area contributed by atoms with Crippen LogP contribution in [0.1, 0.15) is 16.7 Å². The Morgan fingerprint density at radius 2 is 1.95 bits per heavy atom. The van der Waals surface area contributed by atoms with Crippen molar-refractivity contribution in [1.82, 2.24) is 0 Å². The van der Waals surface area contributed by atoms with Gasteiger partial charge in [0.05, 0.1) is 0 Å². The number of thiocarbonyl (C=S) groups is 1. The number of hydrogen-bond acceptors (Lipinski definition) is 3. The van der Waals surface area contributed by atoms with Gasteiger partial charge in [0.2, 0.25) is 0 Å². The van der Waals surface area contributed by atoms with Crippen LogP contribution in [0.25, 0.3) is 0 Å². The van der Waals surface area contributed by atoms with Crippen LogP contribution in [0.3, 0.4) is 0 Å². The van der Waals surface area contributed by atoms with Crippen LogP contribution in [-0.4, -0.2) is 17.5 Å². The third kappa shape index (κ3) is 4.30. The standard InChI is InChI=1S/C17H18N2O2S/c1-11-6-7-15(8-12(11)2)21-10-16(20)19-14-5-3-4-13(9-14)17(18)22/h3-9H,10H2,1-2H3,(H2,18,22)(H,19,20). The number of nitrogens with one attached hydrogen (secondary N) is 1. The molecule has 0 unspecified atom stereocenters. The first-order valence-corrected chi connectivity index (χ1v) is 7.26. The minimum atomic E-state index is -0.238. The Kier molecular flexibility index (Phi) is 5.12. The van der Waals surface area contributed by atoms with Crippen LogP contribution < -0.4 is 15.8 Å². The van der Waals surface area contributed by atoms with E-state index < -0.39 is 0 Å². The number of hydrogen-bond donors (Lipinski definition) is 2. The molecule has 0 aliphatic heterocycles. The quantitative estimate of drug-likeness (QED) is 0.833. The molecule has 0 aliphatic rings. The highest BCUT2D eigenvalue weighted by atomic mass is 32.1. The van der Waals surface area contributed by atoms with E-state index in [-0.39, 0.29) is 12.5 Å². The molecule has 0 heterocycles. The lowest BCUT2D eigenvalue weighted by atomic mass is 10.1. The fourth-order valence-electron chi connectivity index (χ4n) is 1.90. The summed E-state index contributed by atoms with van der Waals surface area (Å²) in [7, 11) is 0. The Morgan fingerprint density at radius 1 is 1.18 bits per heavy atom. The molecule has 0 saturated heterocycles. The predicted octanol–water partition coefficient (Wildman–Crippen LogP) is 2.96. The number of nitrogens with two attached hydrogens (primary N) is 1. The summed E-state index contributed by atoms with van der Waals surface area (Å²) in [6, 6.07) is 12.8. The second kappa shape index (κ2) is 7.04. The third-order valence-electron chi connectivity index (χ3n) is 3.28. The van der Waals surface area contributed by atoms with Gasteiger partial charge in [-0.25, -0.2) is 0 Å². The molecule has 4 nitrogen and oxygen atoms in total. The normalized spacial score (nSPS) is 10.1. The molecule has 0 fully saturated rings. The average molecular weight is 314 g/mol. The molecule has 0 atom stereocenters. The summed E-state index contributed by atoms with van der Waals surface area (Å²) >= 11 is 4.91. The average Bonchev–Trinajstić information content (AvgIpc) is 2.49. The van der Waals surface area contributed by atoms with Crippen molar-refractivity contribution in [3.8, 4) is 5.75 Å². The van der Waals surface area contributed by atoms with Crippen LogP contribution >= 0.6 is 12.2 Å². The molecule has 0 aromatic heterocycles. The zero-order valence-corrected chi connectivity index (χ0v) is 13.4. The number of aryl methyl sites for hydroxylation is 2. The lowest BCUT2D eigenvalue weighted by Gasteiger charge is -2.09. The van der Waals surface area contributed by atoms with E-state index in [1.54, 1.807) is 24.3 Å². The van der Waals surface area contributed by atoms with Gasteiger partial charge in [-0.1, -0.05) is 30.4 Å². The van der Waals surface area contributed by atoms with Crippen LogP contribution in [0.4, 0.5) is 5.69 Å². The number of benzene rings is 2. The summed E-state index contributed by atoms with van der Waals surface area (Å²) in [6.07, 6.45) is 0. The highest BCUT2D eigenvalue weighted by Gasteiger charge is 2.06. The lowest BCUT2D eigenvalue weighted by Crippen LogP contribution is -2.20. The molecule has 2 rings (SSSR count). The molecule has 0 bridgehead atoms. The number of carbonyl (C=O) groups excluding carboxylic acids is 1. The molecular weight excluding hydrogens is 296 g/mol. The first kappa shape index (κ1) is 16.0. The smallest absolute Gasteiger partial charge is 0.262 e. The molecule has 0 radical (unpaired) electrons. The number of anilines is 1. The zero-order valence-electron chi connectivity index (χ0n) is 12.6. The van der Waals surface area contributed by atoms with Crippen LogP contribution in [0.15, 0.2) is 42.5 Å². The highest BCUT2D eigenvalue weighted by Crippen LogP contribution is 2.16. The van der Waals surface area contributed by atoms with E-state index in [9.17, 15) is 4.79 Å². The Hall–Kier alpha value is -2.40. The van der Waals surface area contributed by atoms with Crippen LogP contribution in [-0.2, 0) is 4.79 Å². The predicted molar refractivity (Wildman–Crippen MR) is 92.4 cm³/mol. The monoisotopic (exact) mass is 314 g/mol. The summed E-state index contributed by atoms with van der Waals surface area (Å²) in [4.78, 5) is 12.2. The minimum Gasteiger partial charge on any atom is -0.484 e. The van der Waals surface area contributed by atoms with Crippen molar-refractivity contribution in [2.75, 3.05) is 11.9 Å². The van der Waals surface area contributed by atoms with E-state index in [1.807, 2.05) is 32.0 Å². The van der Waals surface area contributed by atoms with Gasteiger partial charge >= 0.3 is 0 Å². The molecule has 5 heteroatoms. The van der Waals surface area contributed by atoms with Gasteiger partial charge in [0.15, 0.2) is 6.61 Å². The Morgan fingerprint density at radius 3 is 2.64 bits per heavy atom. The maximum atomic E-state index is 11.9. The van der Waals surface area contributed by atoms with E-state index >= 15 is 0 Å². The third-order valence-corrected chi connectivity index (χ3v) is 3.51. The van der Waals surface area contributed by atoms with Crippen molar-refractivity contribution in [2.45, 2.75) is 13.8 Å². The highest BCUT2D eigenvalue weighted by molar-refractivity contribution is 7.80. The minimum absolute atomic E-state index is 0.0558. The summed E-state index contributed by atoms with van der Waals surface area (Å²) < 4.78 is 5.49. The molecule has 22 heavy (non-hydrogen) atoms. The maximum Gasteiger partial charge on any atom is 0.262 e. The Bertz CT molecular complexity index is 714. The second-order valence-corrected chi connectivity index (χ2v) is 5.47. The van der Waals surface area contributed by atoms with Crippen molar-refractivity contribution < 1.29 is 9.53 Å². The van der Waals surface area contributed by atoms with E-state index in [2.05, 4.69) is 5.32 Å². The number of amides is 1. The molecule has 0 aliphatic carbocycles. The molecule has 3 N–H and O–H groups in total. The van der Waals surface area contributed by atoms with Gasteiger partial charge in [0.1, 0.15) is 10.7 Å². The fraction of sp³-hybridized carbons (Fsp3) is 0.176. The number of rotatable bonds is 5. The molecule has 0 spiro atoms. The van der Waals surface area contributed by atoms with Gasteiger partial charge in [0, 0.05) is 11.3 Å². The van der Waals surface area contributed by atoms with Crippen LogP contribution in [0.5, 0.6) is 5.75 Å². The van der Waals surface area contributed by atoms with Gasteiger partial charge in [-0.15, -0.1) is 0 Å². The fourth-order valence-corrected chi connectivity index (χ4v) is 2.03. The molecule has 1 amide bonds. The van der Waals surface area contributed by atoms with Gasteiger partial charge in [-0.3, -0.25) is 4.79 Å². The van der Waals surface area contributed by atoms with Gasteiger partial charge in [-0.05, 0) is 49.2 Å². The van der Waals surface area contributed by atoms with Gasteiger partial charge < -0.3 is 15.8 Å². The number of carbonyl (C=O) groups is 1. The van der Waals surface area contributed by atoms with E-state index in [0.717, 1.165) is 5.56 Å².